The van der Waals surface area contributed by atoms with E-state index < -0.39 is 8.38 Å². The summed E-state index contributed by atoms with van der Waals surface area (Å²) in [6, 6.07) is 13.1. The molecule has 0 saturated carbocycles. The van der Waals surface area contributed by atoms with Gasteiger partial charge in [-0.3, -0.25) is 9.63 Å². The van der Waals surface area contributed by atoms with Gasteiger partial charge in [-0.05, 0) is 108 Å². The number of hydrogen-bond donors (Lipinski definition) is 1. The van der Waals surface area contributed by atoms with Gasteiger partial charge in [0.2, 0.25) is 14.6 Å². The summed E-state index contributed by atoms with van der Waals surface area (Å²) in [7, 11) is 0.482. The molecule has 0 aliphatic carbocycles. The van der Waals surface area contributed by atoms with Crippen molar-refractivity contribution in [2.24, 2.45) is 5.92 Å². The van der Waals surface area contributed by atoms with Crippen molar-refractivity contribution in [2.75, 3.05) is 38.3 Å². The van der Waals surface area contributed by atoms with E-state index in [0.717, 1.165) is 78.8 Å². The van der Waals surface area contributed by atoms with Crippen LogP contribution in [0.2, 0.25) is 0 Å². The minimum absolute atomic E-state index is 0.0607. The number of rotatable bonds is 14. The fraction of sp³-hybridized carbons (Fsp3) is 0.590. The van der Waals surface area contributed by atoms with Crippen LogP contribution in [0.5, 0.6) is 0 Å². The molecule has 0 spiro atoms. The van der Waals surface area contributed by atoms with E-state index in [4.69, 9.17) is 18.6 Å². The van der Waals surface area contributed by atoms with Crippen molar-refractivity contribution in [2.45, 2.75) is 113 Å². The van der Waals surface area contributed by atoms with Gasteiger partial charge in [0.1, 0.15) is 13.7 Å². The molecule has 1 fully saturated rings. The first kappa shape index (κ1) is 39.7. The summed E-state index contributed by atoms with van der Waals surface area (Å²) < 4.78 is 19.8. The summed E-state index contributed by atoms with van der Waals surface area (Å²) in [5, 5.41) is 4.28. The van der Waals surface area contributed by atoms with Gasteiger partial charge in [0.15, 0.2) is 0 Å². The second-order valence-electron chi connectivity index (χ2n) is 12.8. The average Bonchev–Trinajstić information content (AvgIpc) is 3.09. The van der Waals surface area contributed by atoms with E-state index in [1.54, 1.807) is 7.11 Å². The number of anilines is 1. The van der Waals surface area contributed by atoms with Crippen LogP contribution in [0, 0.1) is 12.8 Å². The zero-order valence-corrected chi connectivity index (χ0v) is 32.3. The monoisotopic (exact) mass is 682 g/mol. The SMILES string of the molecule is CC.CCC1=C(CNC(=O)c2cc(-c3ccc(P(OC(C)C)OC(C)C)cc3)cc(N(CC)C3CCOCC3)c2C)[N+](OC)=CC(C)C1. The van der Waals surface area contributed by atoms with Crippen molar-refractivity contribution in [3.8, 4) is 11.1 Å². The summed E-state index contributed by atoms with van der Waals surface area (Å²) in [6.45, 7) is 23.5. The lowest BCUT2D eigenvalue weighted by atomic mass is 9.94. The lowest BCUT2D eigenvalue weighted by Crippen LogP contribution is -2.40. The van der Waals surface area contributed by atoms with E-state index in [1.165, 1.54) is 5.57 Å². The molecular formula is C39H61N3O5P+. The molecule has 0 bridgehead atoms. The normalized spacial score (nSPS) is 17.0. The van der Waals surface area contributed by atoms with Crippen LogP contribution in [0.25, 0.3) is 11.1 Å². The van der Waals surface area contributed by atoms with Gasteiger partial charge in [0, 0.05) is 58.6 Å². The molecular weight excluding hydrogens is 621 g/mol. The van der Waals surface area contributed by atoms with Gasteiger partial charge >= 0.3 is 0 Å². The molecule has 8 nitrogen and oxygen atoms in total. The van der Waals surface area contributed by atoms with Crippen molar-refractivity contribution in [1.29, 1.82) is 0 Å². The third-order valence-corrected chi connectivity index (χ3v) is 10.5. The maximum absolute atomic E-state index is 14.1. The molecule has 2 aromatic carbocycles. The second kappa shape index (κ2) is 19.4. The number of carbonyl (C=O) groups excluding carboxylic acids is 1. The van der Waals surface area contributed by atoms with Crippen LogP contribution >= 0.6 is 8.38 Å². The van der Waals surface area contributed by atoms with Gasteiger partial charge in [-0.15, -0.1) is 0 Å². The van der Waals surface area contributed by atoms with Crippen molar-refractivity contribution in [3.05, 3.63) is 58.8 Å². The number of hydroxylamine groups is 1. The number of hydrogen-bond acceptors (Lipinski definition) is 6. The average molecular weight is 683 g/mol. The first-order valence-electron chi connectivity index (χ1n) is 18.0. The third kappa shape index (κ3) is 10.4. The Hall–Kier alpha value is -2.77. The smallest absolute Gasteiger partial charge is 0.252 e. The van der Waals surface area contributed by atoms with Gasteiger partial charge in [-0.1, -0.05) is 39.8 Å². The summed E-state index contributed by atoms with van der Waals surface area (Å²) in [5.41, 5.74) is 7.15. The molecule has 1 atom stereocenters. The molecule has 1 saturated heterocycles. The van der Waals surface area contributed by atoms with Crippen LogP contribution < -0.4 is 15.5 Å². The summed E-state index contributed by atoms with van der Waals surface area (Å²) in [4.78, 5) is 22.2. The molecule has 48 heavy (non-hydrogen) atoms. The first-order valence-corrected chi connectivity index (χ1v) is 19.1. The topological polar surface area (TPSA) is 72.3 Å². The van der Waals surface area contributed by atoms with Gasteiger partial charge in [0.25, 0.3) is 11.6 Å². The van der Waals surface area contributed by atoms with Crippen LogP contribution in [0.1, 0.15) is 104 Å². The van der Waals surface area contributed by atoms with Gasteiger partial charge in [0.05, 0.1) is 12.2 Å². The number of carbonyl (C=O) groups is 1. The number of allylic oxidation sites excluding steroid dienone is 1. The molecule has 1 unspecified atom stereocenters. The van der Waals surface area contributed by atoms with Gasteiger partial charge in [-0.25, -0.2) is 0 Å². The minimum atomic E-state index is -1.20. The fourth-order valence-electron chi connectivity index (χ4n) is 6.34. The van der Waals surface area contributed by atoms with E-state index >= 15 is 0 Å². The highest BCUT2D eigenvalue weighted by molar-refractivity contribution is 7.56. The van der Waals surface area contributed by atoms with E-state index in [2.05, 4.69) is 74.5 Å². The molecule has 0 radical (unpaired) electrons. The summed E-state index contributed by atoms with van der Waals surface area (Å²) in [6.07, 6.45) is 6.04. The Morgan fingerprint density at radius 3 is 2.19 bits per heavy atom. The second-order valence-corrected chi connectivity index (χ2v) is 14.3. The summed E-state index contributed by atoms with van der Waals surface area (Å²) in [5.74, 6) is 0.301. The molecule has 9 heteroatoms. The largest absolute Gasteiger partial charge is 0.381 e. The van der Waals surface area contributed by atoms with Gasteiger partial charge in [-0.2, -0.15) is 0 Å². The third-order valence-electron chi connectivity index (χ3n) is 8.60. The van der Waals surface area contributed by atoms with Crippen LogP contribution in [0.4, 0.5) is 5.69 Å². The molecule has 1 amide bonds. The fourth-order valence-corrected chi connectivity index (χ4v) is 7.80. The Kier molecular flexibility index (Phi) is 16.1. The molecule has 1 N–H and O–H groups in total. The highest BCUT2D eigenvalue weighted by Gasteiger charge is 2.29. The highest BCUT2D eigenvalue weighted by atomic mass is 31.2. The highest BCUT2D eigenvalue weighted by Crippen LogP contribution is 2.41. The standard InChI is InChI=1S/C37H54N3O5P.C2H6/c1-10-29-20-27(7)24-40(42-9)36(29)23-38-37(41)34-21-31(22-35(28(34)8)39(11-2)32-16-18-43-19-17-32)30-12-14-33(15-13-30)46(44-25(3)4)45-26(5)6;1-2/h12-15,21-22,24-27,32H,10-11,16-20,23H2,1-9H3;1-2H3/p+1. The predicted octanol–water partition coefficient (Wildman–Crippen LogP) is 8.56. The Morgan fingerprint density at radius 1 is 1.02 bits per heavy atom. The van der Waals surface area contributed by atoms with Crippen LogP contribution in [0.3, 0.4) is 0 Å². The Balaban J connectivity index is 0.00000307. The number of nitrogens with zero attached hydrogens (tertiary/aromatic N) is 2. The van der Waals surface area contributed by atoms with Crippen molar-refractivity contribution < 1.29 is 28.2 Å². The maximum atomic E-state index is 14.1. The molecule has 2 heterocycles. The first-order chi connectivity index (χ1) is 23.1. The lowest BCUT2D eigenvalue weighted by Gasteiger charge is -2.37. The molecule has 2 aliphatic rings. The molecule has 2 aromatic rings. The van der Waals surface area contributed by atoms with Crippen molar-refractivity contribution in [3.63, 3.8) is 0 Å². The van der Waals surface area contributed by atoms with Gasteiger partial charge < -0.3 is 24.0 Å². The van der Waals surface area contributed by atoms with E-state index in [-0.39, 0.29) is 18.1 Å². The maximum Gasteiger partial charge on any atom is 0.252 e. The lowest BCUT2D eigenvalue weighted by molar-refractivity contribution is -0.745. The molecule has 0 aromatic heterocycles. The molecule has 4 rings (SSSR count). The van der Waals surface area contributed by atoms with Crippen molar-refractivity contribution in [1.82, 2.24) is 5.32 Å². The van der Waals surface area contributed by atoms with Crippen LogP contribution in [-0.4, -0.2) is 68.5 Å². The van der Waals surface area contributed by atoms with Crippen molar-refractivity contribution >= 4 is 31.5 Å². The zero-order valence-electron chi connectivity index (χ0n) is 31.4. The molecule has 2 aliphatic heterocycles. The number of ether oxygens (including phenoxy) is 1. The molecule has 266 valence electrons. The Bertz CT molecular complexity index is 1370. The summed E-state index contributed by atoms with van der Waals surface area (Å²) >= 11 is 0. The number of nitrogens with one attached hydrogen (secondary N) is 1. The number of amides is 1. The van der Waals surface area contributed by atoms with Crippen LogP contribution in [0.15, 0.2) is 47.7 Å². The Labute approximate surface area is 291 Å². The zero-order chi connectivity index (χ0) is 35.4. The van der Waals surface area contributed by atoms with Crippen LogP contribution in [-0.2, 0) is 18.6 Å². The predicted molar refractivity (Wildman–Crippen MR) is 201 cm³/mol. The van der Waals surface area contributed by atoms with E-state index in [0.29, 0.717) is 24.1 Å². The number of benzene rings is 2. The van der Waals surface area contributed by atoms with E-state index in [9.17, 15) is 4.79 Å². The Morgan fingerprint density at radius 2 is 1.65 bits per heavy atom. The quantitative estimate of drug-likeness (QED) is 0.159. The van der Waals surface area contributed by atoms with E-state index in [1.807, 2.05) is 52.3 Å². The minimum Gasteiger partial charge on any atom is -0.381 e.